The second-order valence-electron chi connectivity index (χ2n) is 5.81. The van der Waals surface area contributed by atoms with Crippen LogP contribution in [-0.4, -0.2) is 31.1 Å². The number of rotatable bonds is 11. The number of nitrogens with one attached hydrogen (secondary N) is 1. The van der Waals surface area contributed by atoms with Crippen molar-refractivity contribution in [2.45, 2.75) is 58.5 Å². The molecule has 0 saturated carbocycles. The molecule has 0 heterocycles. The van der Waals surface area contributed by atoms with Crippen LogP contribution in [0.2, 0.25) is 0 Å². The second-order valence-corrected chi connectivity index (χ2v) is 5.81. The number of hydrogen-bond acceptors (Lipinski definition) is 2. The van der Waals surface area contributed by atoms with Crippen molar-refractivity contribution in [1.82, 2.24) is 10.2 Å². The Bertz CT molecular complexity index is 317. The molecule has 0 aliphatic carbocycles. The molecule has 2 heteroatoms. The number of benzene rings is 1. The van der Waals surface area contributed by atoms with E-state index in [4.69, 9.17) is 0 Å². The average Bonchev–Trinajstić information content (AvgIpc) is 2.45. The van der Waals surface area contributed by atoms with E-state index >= 15 is 0 Å². The van der Waals surface area contributed by atoms with E-state index in [9.17, 15) is 0 Å². The monoisotopic (exact) mass is 276 g/mol. The predicted molar refractivity (Wildman–Crippen MR) is 89.0 cm³/mol. The molecular weight excluding hydrogens is 244 g/mol. The smallest absolute Gasteiger partial charge is 0.0230 e. The van der Waals surface area contributed by atoms with E-state index in [-0.39, 0.29) is 0 Å². The summed E-state index contributed by atoms with van der Waals surface area (Å²) < 4.78 is 0. The van der Waals surface area contributed by atoms with E-state index in [2.05, 4.69) is 61.4 Å². The average molecular weight is 276 g/mol. The van der Waals surface area contributed by atoms with Crippen LogP contribution in [0.1, 0.15) is 51.5 Å². The van der Waals surface area contributed by atoms with Crippen molar-refractivity contribution in [3.63, 3.8) is 0 Å². The Labute approximate surface area is 125 Å². The van der Waals surface area contributed by atoms with E-state index in [1.54, 1.807) is 0 Å². The van der Waals surface area contributed by atoms with Crippen molar-refractivity contribution in [2.24, 2.45) is 0 Å². The fourth-order valence-corrected chi connectivity index (χ4v) is 2.67. The lowest BCUT2D eigenvalue weighted by atomic mass is 10.1. The van der Waals surface area contributed by atoms with Crippen molar-refractivity contribution in [2.75, 3.05) is 20.1 Å². The van der Waals surface area contributed by atoms with Crippen molar-refractivity contribution in [1.29, 1.82) is 0 Å². The van der Waals surface area contributed by atoms with Gasteiger partial charge < -0.3 is 10.2 Å². The van der Waals surface area contributed by atoms with Gasteiger partial charge in [-0.3, -0.25) is 0 Å². The molecule has 0 atom stereocenters. The summed E-state index contributed by atoms with van der Waals surface area (Å²) in [6.45, 7) is 7.90. The molecule has 114 valence electrons. The van der Waals surface area contributed by atoms with Crippen LogP contribution in [0.15, 0.2) is 30.3 Å². The molecule has 1 aromatic carbocycles. The lowest BCUT2D eigenvalue weighted by Gasteiger charge is -2.20. The maximum absolute atomic E-state index is 3.71. The van der Waals surface area contributed by atoms with Crippen LogP contribution in [0.25, 0.3) is 0 Å². The summed E-state index contributed by atoms with van der Waals surface area (Å²) in [7, 11) is 2.21. The van der Waals surface area contributed by atoms with Gasteiger partial charge in [-0.25, -0.2) is 0 Å². The van der Waals surface area contributed by atoms with Gasteiger partial charge in [-0.15, -0.1) is 0 Å². The third-order valence-corrected chi connectivity index (χ3v) is 3.72. The highest BCUT2D eigenvalue weighted by Gasteiger charge is 2.05. The summed E-state index contributed by atoms with van der Waals surface area (Å²) in [5.74, 6) is 0. The number of hydrogen-bond donors (Lipinski definition) is 1. The minimum atomic E-state index is 0.726. The minimum Gasteiger partial charge on any atom is -0.314 e. The molecule has 0 aliphatic heterocycles. The summed E-state index contributed by atoms with van der Waals surface area (Å²) in [5, 5.41) is 3.71. The molecule has 2 nitrogen and oxygen atoms in total. The first-order valence-corrected chi connectivity index (χ1v) is 8.22. The zero-order valence-electron chi connectivity index (χ0n) is 13.6. The molecule has 1 aromatic rings. The van der Waals surface area contributed by atoms with Gasteiger partial charge >= 0.3 is 0 Å². The standard InChI is InChI=1S/C18H32N2/c1-4-10-18(11-5-2)19-14-9-15-20(3)16-17-12-7-6-8-13-17/h6-8,12-13,18-19H,4-5,9-11,14-16H2,1-3H3. The summed E-state index contributed by atoms with van der Waals surface area (Å²) in [6.07, 6.45) is 6.42. The highest BCUT2D eigenvalue weighted by atomic mass is 15.1. The Kier molecular flexibility index (Phi) is 9.35. The van der Waals surface area contributed by atoms with E-state index in [1.807, 2.05) is 0 Å². The van der Waals surface area contributed by atoms with Gasteiger partial charge in [0.25, 0.3) is 0 Å². The van der Waals surface area contributed by atoms with Gasteiger partial charge in [0.1, 0.15) is 0 Å². The van der Waals surface area contributed by atoms with Crippen molar-refractivity contribution < 1.29 is 0 Å². The van der Waals surface area contributed by atoms with E-state index in [1.165, 1.54) is 37.7 Å². The predicted octanol–water partition coefficient (Wildman–Crippen LogP) is 4.07. The van der Waals surface area contributed by atoms with Crippen molar-refractivity contribution in [3.8, 4) is 0 Å². The Hall–Kier alpha value is -0.860. The maximum atomic E-state index is 3.71. The van der Waals surface area contributed by atoms with Crippen LogP contribution in [0, 0.1) is 0 Å². The lowest BCUT2D eigenvalue weighted by Crippen LogP contribution is -2.31. The molecule has 0 fully saturated rings. The summed E-state index contributed by atoms with van der Waals surface area (Å²) in [4.78, 5) is 2.41. The number of nitrogens with zero attached hydrogens (tertiary/aromatic N) is 1. The maximum Gasteiger partial charge on any atom is 0.0230 e. The molecule has 0 unspecified atom stereocenters. The molecular formula is C18H32N2. The Morgan fingerprint density at radius 1 is 1.05 bits per heavy atom. The second kappa shape index (κ2) is 10.9. The van der Waals surface area contributed by atoms with Crippen LogP contribution in [0.4, 0.5) is 0 Å². The Morgan fingerprint density at radius 3 is 2.30 bits per heavy atom. The fourth-order valence-electron chi connectivity index (χ4n) is 2.67. The first-order chi connectivity index (χ1) is 9.76. The third kappa shape index (κ3) is 7.66. The molecule has 1 N–H and O–H groups in total. The van der Waals surface area contributed by atoms with Gasteiger partial charge in [-0.1, -0.05) is 57.0 Å². The highest BCUT2D eigenvalue weighted by molar-refractivity contribution is 5.14. The van der Waals surface area contributed by atoms with E-state index in [0.29, 0.717) is 0 Å². The molecule has 1 rings (SSSR count). The zero-order valence-corrected chi connectivity index (χ0v) is 13.6. The molecule has 0 aromatic heterocycles. The SMILES string of the molecule is CCCC(CCC)NCCCN(C)Cc1ccccc1. The Balaban J connectivity index is 2.13. The van der Waals surface area contributed by atoms with Crippen LogP contribution in [-0.2, 0) is 6.54 Å². The third-order valence-electron chi connectivity index (χ3n) is 3.72. The summed E-state index contributed by atoms with van der Waals surface area (Å²) >= 11 is 0. The van der Waals surface area contributed by atoms with Gasteiger partial charge in [0.15, 0.2) is 0 Å². The molecule has 0 radical (unpaired) electrons. The molecule has 0 spiro atoms. The largest absolute Gasteiger partial charge is 0.314 e. The molecule has 0 saturated heterocycles. The van der Waals surface area contributed by atoms with E-state index in [0.717, 1.165) is 25.7 Å². The topological polar surface area (TPSA) is 15.3 Å². The van der Waals surface area contributed by atoms with Crippen LogP contribution < -0.4 is 5.32 Å². The van der Waals surface area contributed by atoms with Crippen LogP contribution in [0.5, 0.6) is 0 Å². The highest BCUT2D eigenvalue weighted by Crippen LogP contribution is 2.05. The van der Waals surface area contributed by atoms with Gasteiger partial charge in [-0.05, 0) is 45.0 Å². The first kappa shape index (κ1) is 17.2. The van der Waals surface area contributed by atoms with Crippen molar-refractivity contribution >= 4 is 0 Å². The van der Waals surface area contributed by atoms with Gasteiger partial charge in [0, 0.05) is 12.6 Å². The van der Waals surface area contributed by atoms with Crippen molar-refractivity contribution in [3.05, 3.63) is 35.9 Å². The van der Waals surface area contributed by atoms with Crippen LogP contribution in [0.3, 0.4) is 0 Å². The minimum absolute atomic E-state index is 0.726. The Morgan fingerprint density at radius 2 is 1.70 bits per heavy atom. The fraction of sp³-hybridized carbons (Fsp3) is 0.667. The van der Waals surface area contributed by atoms with Gasteiger partial charge in [0.2, 0.25) is 0 Å². The van der Waals surface area contributed by atoms with Gasteiger partial charge in [-0.2, -0.15) is 0 Å². The quantitative estimate of drug-likeness (QED) is 0.613. The molecule has 20 heavy (non-hydrogen) atoms. The molecule has 0 amide bonds. The normalized spacial score (nSPS) is 11.4. The zero-order chi connectivity index (χ0) is 14.6. The lowest BCUT2D eigenvalue weighted by molar-refractivity contribution is 0.313. The van der Waals surface area contributed by atoms with Gasteiger partial charge in [0.05, 0.1) is 0 Å². The van der Waals surface area contributed by atoms with Crippen LogP contribution >= 0.6 is 0 Å². The molecule has 0 bridgehead atoms. The first-order valence-electron chi connectivity index (χ1n) is 8.22. The van der Waals surface area contributed by atoms with E-state index < -0.39 is 0 Å². The summed E-state index contributed by atoms with van der Waals surface area (Å²) in [6, 6.07) is 11.4. The summed E-state index contributed by atoms with van der Waals surface area (Å²) in [5.41, 5.74) is 1.40. The molecule has 0 aliphatic rings.